The number of ether oxygens (including phenoxy) is 4. The summed E-state index contributed by atoms with van der Waals surface area (Å²) in [6.07, 6.45) is 1.60. The molecule has 0 aliphatic carbocycles. The molecule has 4 atom stereocenters. The zero-order valence-corrected chi connectivity index (χ0v) is 63.7. The van der Waals surface area contributed by atoms with E-state index in [-0.39, 0.29) is 66.9 Å². The van der Waals surface area contributed by atoms with Crippen molar-refractivity contribution in [3.8, 4) is 70.4 Å². The summed E-state index contributed by atoms with van der Waals surface area (Å²) in [6.45, 7) is 4.50. The van der Waals surface area contributed by atoms with E-state index in [0.717, 1.165) is 45.8 Å². The van der Waals surface area contributed by atoms with Crippen LogP contribution in [0.15, 0.2) is 113 Å². The minimum Gasteiger partial charge on any atom is -0.497 e. The molecule has 0 radical (unpaired) electrons. The molecular formula is C78H64ClFN16O16S2. The molecule has 0 unspecified atom stereocenters. The Bertz CT molecular complexity index is 5530. The molecule has 16 amide bonds. The van der Waals surface area contributed by atoms with Crippen molar-refractivity contribution in [2.24, 2.45) is 7.05 Å². The van der Waals surface area contributed by atoms with Crippen LogP contribution in [-0.4, -0.2) is 188 Å². The first kappa shape index (κ1) is 78.0. The minimum absolute atomic E-state index is 0.0707. The summed E-state index contributed by atoms with van der Waals surface area (Å²) in [6, 6.07) is 22.0. The van der Waals surface area contributed by atoms with Gasteiger partial charge >= 0.3 is 24.1 Å². The molecule has 8 aliphatic heterocycles. The number of aromatic nitrogens is 4. The van der Waals surface area contributed by atoms with Gasteiger partial charge in [-0.2, -0.15) is 5.10 Å². The summed E-state index contributed by atoms with van der Waals surface area (Å²) in [5.74, 6) is 20.7. The second-order valence-electron chi connectivity index (χ2n) is 26.5. The van der Waals surface area contributed by atoms with E-state index in [2.05, 4.69) is 105 Å². The average molecular weight is 1600 g/mol. The maximum absolute atomic E-state index is 13.6. The van der Waals surface area contributed by atoms with Crippen LogP contribution in [0.2, 0.25) is 5.02 Å². The van der Waals surface area contributed by atoms with Crippen LogP contribution in [0.3, 0.4) is 0 Å². The fourth-order valence-corrected chi connectivity index (χ4v) is 14.5. The molecule has 16 rings (SSSR count). The maximum Gasteiger partial charge on any atom is 0.323 e. The van der Waals surface area contributed by atoms with Crippen molar-refractivity contribution < 1.29 is 80.9 Å². The van der Waals surface area contributed by atoms with Crippen LogP contribution in [0.4, 0.5) is 23.6 Å². The summed E-state index contributed by atoms with van der Waals surface area (Å²) in [4.78, 5) is 163. The molecule has 578 valence electrons. The standard InChI is InChI=1S/C21H15ClFN3O4.C21H21N5O4.2C18H14N4O4S/c1-30-16-3-2-13-10-26(18(27)17(13)9-16)11-21(19(28)24-20(29)25-21)5-4-12-6-14(22)8-15(23)7-12;1-12-16(13(2)25(3)24-12)7-8-21(19(28)22-20(29)23-21)11-26-10-14-5-6-15(30-4)9-17(14)18(26)27;1-26-13-3-2-11-7-22(15(23)14(11)6-13)9-18(16(24)20-17(25)21-18)5-4-12-8-27-10-19-12;1-26-12-3-2-11-9-22(15(23)13(11)8-12)10-18(16(24)20-17(25)21-18)5-4-14-19-6-7-27-14/h2-3,6-9H,10-11H2,1H3,(H2,24,25,28,29);5-6,9H,10-11H2,1-4H3,(H2,22,23,28,29);2-3,6,8,10H,7,9H2,1H3,(H2,20,21,24,25);2-3,6-8H,9-10H2,1H3,(H2,20,21,24,25)/t2*21-;2*18-/m1111/s1. The Morgan fingerprint density at radius 3 is 1.16 bits per heavy atom. The fourth-order valence-electron chi connectivity index (χ4n) is 13.3. The van der Waals surface area contributed by atoms with E-state index in [1.165, 1.54) is 76.8 Å². The van der Waals surface area contributed by atoms with Gasteiger partial charge in [0.05, 0.1) is 77.1 Å². The summed E-state index contributed by atoms with van der Waals surface area (Å²) in [7, 11) is 7.90. The molecule has 0 spiro atoms. The third-order valence-corrected chi connectivity index (χ3v) is 20.6. The number of nitrogens with one attached hydrogen (secondary N) is 8. The number of rotatable bonds is 12. The Morgan fingerprint density at radius 2 is 0.851 bits per heavy atom. The van der Waals surface area contributed by atoms with Crippen LogP contribution >= 0.6 is 34.3 Å². The lowest BCUT2D eigenvalue weighted by molar-refractivity contribution is -0.123. The van der Waals surface area contributed by atoms with Gasteiger partial charge in [-0.3, -0.25) is 64.3 Å². The molecule has 0 bridgehead atoms. The van der Waals surface area contributed by atoms with Gasteiger partial charge in [0.25, 0.3) is 47.3 Å². The predicted molar refractivity (Wildman–Crippen MR) is 404 cm³/mol. The first-order valence-electron chi connectivity index (χ1n) is 34.3. The molecule has 114 heavy (non-hydrogen) atoms. The first-order valence-corrected chi connectivity index (χ1v) is 36.5. The van der Waals surface area contributed by atoms with Gasteiger partial charge in [0, 0.05) is 83.0 Å². The highest BCUT2D eigenvalue weighted by atomic mass is 35.5. The lowest BCUT2D eigenvalue weighted by Crippen LogP contribution is -2.54. The number of fused-ring (bicyclic) bond motifs is 4. The van der Waals surface area contributed by atoms with Crippen LogP contribution in [0.5, 0.6) is 23.0 Å². The number of carbonyl (C=O) groups excluding carboxylic acids is 12. The number of urea groups is 4. The lowest BCUT2D eigenvalue weighted by Gasteiger charge is -2.26. The van der Waals surface area contributed by atoms with Crippen LogP contribution in [0.25, 0.3) is 0 Å². The van der Waals surface area contributed by atoms with Crippen molar-refractivity contribution in [2.45, 2.75) is 62.2 Å². The highest BCUT2D eigenvalue weighted by molar-refractivity contribution is 7.10. The van der Waals surface area contributed by atoms with Crippen molar-refractivity contribution in [1.29, 1.82) is 0 Å². The Kier molecular flexibility index (Phi) is 21.7. The van der Waals surface area contributed by atoms with Gasteiger partial charge < -0.3 is 59.8 Å². The van der Waals surface area contributed by atoms with E-state index >= 15 is 0 Å². The molecule has 32 nitrogen and oxygen atoms in total. The van der Waals surface area contributed by atoms with Crippen LogP contribution < -0.4 is 61.5 Å². The largest absolute Gasteiger partial charge is 0.497 e. The summed E-state index contributed by atoms with van der Waals surface area (Å²) in [5.41, 5.74) is 3.57. The third-order valence-electron chi connectivity index (χ3n) is 19.1. The van der Waals surface area contributed by atoms with E-state index in [0.29, 0.717) is 81.2 Å². The average Bonchev–Trinajstić information content (AvgIpc) is 1.65. The van der Waals surface area contributed by atoms with Gasteiger partial charge in [-0.25, -0.2) is 33.5 Å². The molecule has 11 heterocycles. The Labute approximate surface area is 661 Å². The second kappa shape index (κ2) is 31.7. The number of benzene rings is 5. The van der Waals surface area contributed by atoms with Gasteiger partial charge in [-0.15, -0.1) is 22.7 Å². The first-order chi connectivity index (χ1) is 54.5. The molecule has 5 aromatic carbocycles. The smallest absolute Gasteiger partial charge is 0.323 e. The van der Waals surface area contributed by atoms with Crippen molar-refractivity contribution in [3.63, 3.8) is 0 Å². The van der Waals surface area contributed by atoms with Gasteiger partial charge in [0.2, 0.25) is 22.2 Å². The molecule has 3 aromatic heterocycles. The zero-order valence-electron chi connectivity index (χ0n) is 61.3. The van der Waals surface area contributed by atoms with E-state index in [1.54, 1.807) is 81.7 Å². The van der Waals surface area contributed by atoms with Gasteiger partial charge in [0.1, 0.15) is 34.5 Å². The molecule has 4 fully saturated rings. The molecule has 8 aromatic rings. The molecule has 8 aliphatic rings. The number of thiazole rings is 2. The number of amides is 16. The van der Waals surface area contributed by atoms with Gasteiger partial charge in [0.15, 0.2) is 5.01 Å². The quantitative estimate of drug-likeness (QED) is 0.0628. The van der Waals surface area contributed by atoms with Gasteiger partial charge in [-0.1, -0.05) is 71.4 Å². The summed E-state index contributed by atoms with van der Waals surface area (Å²) >= 11 is 8.54. The van der Waals surface area contributed by atoms with Crippen LogP contribution in [-0.2, 0) is 52.4 Å². The number of hydrogen-bond donors (Lipinski definition) is 8. The Hall–Kier alpha value is -14.1. The van der Waals surface area contributed by atoms with Crippen LogP contribution in [0, 0.1) is 67.0 Å². The summed E-state index contributed by atoms with van der Waals surface area (Å²) in [5, 5.41) is 27.5. The highest BCUT2D eigenvalue weighted by Gasteiger charge is 2.53. The molecule has 4 saturated heterocycles. The number of methoxy groups -OCH3 is 4. The summed E-state index contributed by atoms with van der Waals surface area (Å²) < 4.78 is 36.0. The minimum atomic E-state index is -1.68. The normalized spacial score (nSPS) is 20.2. The monoisotopic (exact) mass is 1600 g/mol. The number of aryl methyl sites for hydroxylation is 2. The Morgan fingerprint density at radius 1 is 0.482 bits per heavy atom. The van der Waals surface area contributed by atoms with Gasteiger partial charge in [-0.05, 0) is 115 Å². The van der Waals surface area contributed by atoms with Crippen molar-refractivity contribution in [1.82, 2.24) is 81.9 Å². The van der Waals surface area contributed by atoms with Crippen molar-refractivity contribution in [2.75, 3.05) is 54.6 Å². The molecule has 8 N–H and O–H groups in total. The van der Waals surface area contributed by atoms with Crippen molar-refractivity contribution >= 4 is 106 Å². The van der Waals surface area contributed by atoms with E-state index < -0.39 is 75.7 Å². The topological polar surface area (TPSA) is 395 Å². The molecule has 36 heteroatoms. The van der Waals surface area contributed by atoms with Crippen molar-refractivity contribution in [3.05, 3.63) is 202 Å². The molecular weight excluding hydrogens is 1540 g/mol. The molecule has 0 saturated carbocycles. The predicted octanol–water partition coefficient (Wildman–Crippen LogP) is 4.18. The second-order valence-corrected chi connectivity index (χ2v) is 28.6. The van der Waals surface area contributed by atoms with Crippen LogP contribution in [0.1, 0.15) is 96.9 Å². The maximum atomic E-state index is 13.6. The van der Waals surface area contributed by atoms with E-state index in [4.69, 9.17) is 30.5 Å². The highest BCUT2D eigenvalue weighted by Crippen LogP contribution is 2.34. The van der Waals surface area contributed by atoms with E-state index in [1.807, 2.05) is 39.1 Å². The number of imide groups is 4. The zero-order chi connectivity index (χ0) is 81.1. The number of hydrogen-bond acceptors (Lipinski definition) is 21. The lowest BCUT2D eigenvalue weighted by atomic mass is 9.99. The number of carbonyl (C=O) groups is 12. The number of halogens is 2. The SMILES string of the molecule is COc1ccc2c(c1)C(=O)N(C[C@@]1(C#Cc3c(C)nn(C)c3C)NC(=O)NC1=O)C2.COc1ccc2c(c1)C(=O)N(C[C@@]1(C#Cc3cc(F)cc(Cl)c3)NC(=O)NC1=O)C2.COc1ccc2c(c1)C(=O)N(C[C@@]1(C#Cc3cscn3)NC(=O)NC1=O)C2.COc1ccc2c(c1)C(=O)N(C[C@@]1(C#Cc3nccs3)NC(=O)NC1=O)C2. The Balaban J connectivity index is 0.000000133. The number of nitrogens with zero attached hydrogens (tertiary/aromatic N) is 8. The third kappa shape index (κ3) is 16.0. The van der Waals surface area contributed by atoms with E-state index in [9.17, 15) is 61.9 Å². The fraction of sp³-hybridized carbons (Fsp3) is 0.244.